The van der Waals surface area contributed by atoms with E-state index in [4.69, 9.17) is 23.2 Å². The third kappa shape index (κ3) is 7.53. The van der Waals surface area contributed by atoms with Crippen molar-refractivity contribution >= 4 is 52.7 Å². The molecule has 3 aromatic rings. The molecule has 10 nitrogen and oxygen atoms in total. The van der Waals surface area contributed by atoms with Crippen LogP contribution in [0.4, 0.5) is 49.6 Å². The van der Waals surface area contributed by atoms with Crippen LogP contribution >= 0.6 is 23.2 Å². The standard InChI is InChI=1S/C19H11Cl2F6N7O3/c20-10-6-5-9(11(21)7-10)8-28-33-16-30-15(29-12-3-1-2-4-13(12)34(35)36)31-17(32-16)37-14(18(22,23)24)19(25,26)27/h1-8,14H,(H2,29,30,31,32,33). The Hall–Kier alpha value is -3.92. The number of aromatic nitrogens is 3. The molecule has 0 aliphatic carbocycles. The van der Waals surface area contributed by atoms with Crippen LogP contribution in [-0.4, -0.2) is 44.5 Å². The molecule has 0 amide bonds. The van der Waals surface area contributed by atoms with E-state index in [0.717, 1.165) is 12.3 Å². The number of halogens is 8. The molecule has 18 heteroatoms. The molecule has 0 bridgehead atoms. The van der Waals surface area contributed by atoms with Crippen molar-refractivity contribution in [2.45, 2.75) is 18.5 Å². The number of benzene rings is 2. The number of nitro benzene ring substituents is 1. The normalized spacial score (nSPS) is 12.1. The van der Waals surface area contributed by atoms with Crippen LogP contribution in [0.2, 0.25) is 10.0 Å². The number of alkyl halides is 6. The third-order valence-electron chi connectivity index (χ3n) is 4.11. The van der Waals surface area contributed by atoms with Gasteiger partial charge in [0.1, 0.15) is 5.69 Å². The Morgan fingerprint density at radius 2 is 1.65 bits per heavy atom. The molecule has 3 rings (SSSR count). The Labute approximate surface area is 212 Å². The highest BCUT2D eigenvalue weighted by Crippen LogP contribution is 2.36. The van der Waals surface area contributed by atoms with Gasteiger partial charge >= 0.3 is 18.4 Å². The molecule has 0 radical (unpaired) electrons. The van der Waals surface area contributed by atoms with E-state index in [1.807, 2.05) is 0 Å². The number of hydrazone groups is 1. The maximum atomic E-state index is 13.0. The predicted molar refractivity (Wildman–Crippen MR) is 120 cm³/mol. The van der Waals surface area contributed by atoms with Gasteiger partial charge in [-0.25, -0.2) is 5.43 Å². The van der Waals surface area contributed by atoms with Crippen molar-refractivity contribution in [1.82, 2.24) is 15.0 Å². The second kappa shape index (κ2) is 11.0. The van der Waals surface area contributed by atoms with Crippen LogP contribution < -0.4 is 15.5 Å². The number of ether oxygens (including phenoxy) is 1. The zero-order chi connectivity index (χ0) is 27.4. The summed E-state index contributed by atoms with van der Waals surface area (Å²) in [5.74, 6) is -1.36. The monoisotopic (exact) mass is 569 g/mol. The Morgan fingerprint density at radius 3 is 2.27 bits per heavy atom. The molecule has 2 aromatic carbocycles. The first-order valence-electron chi connectivity index (χ1n) is 9.55. The maximum Gasteiger partial charge on any atom is 0.434 e. The fraction of sp³-hybridized carbons (Fsp3) is 0.158. The molecular formula is C19H11Cl2F6N7O3. The van der Waals surface area contributed by atoms with E-state index >= 15 is 0 Å². The average Bonchev–Trinajstić information content (AvgIpc) is 2.77. The number of hydrogen-bond donors (Lipinski definition) is 2. The SMILES string of the molecule is O=[N+]([O-])c1ccccc1Nc1nc(NN=Cc2ccc(Cl)cc2Cl)nc(OC(C(F)(F)F)C(F)(F)F)n1. The van der Waals surface area contributed by atoms with Gasteiger partial charge in [0, 0.05) is 16.7 Å². The fourth-order valence-corrected chi connectivity index (χ4v) is 3.02. The summed E-state index contributed by atoms with van der Waals surface area (Å²) in [4.78, 5) is 20.9. The van der Waals surface area contributed by atoms with E-state index in [2.05, 4.69) is 35.5 Å². The molecule has 37 heavy (non-hydrogen) atoms. The van der Waals surface area contributed by atoms with E-state index in [-0.39, 0.29) is 10.7 Å². The van der Waals surface area contributed by atoms with Gasteiger partial charge in [-0.05, 0) is 18.2 Å². The molecule has 1 heterocycles. The van der Waals surface area contributed by atoms with Gasteiger partial charge in [-0.2, -0.15) is 46.4 Å². The average molecular weight is 570 g/mol. The minimum Gasteiger partial charge on any atom is -0.440 e. The summed E-state index contributed by atoms with van der Waals surface area (Å²) in [5, 5.41) is 17.8. The fourth-order valence-electron chi connectivity index (χ4n) is 2.56. The summed E-state index contributed by atoms with van der Waals surface area (Å²) >= 11 is 11.8. The van der Waals surface area contributed by atoms with E-state index in [9.17, 15) is 36.5 Å². The summed E-state index contributed by atoms with van der Waals surface area (Å²) in [6, 6.07) is 7.92. The maximum absolute atomic E-state index is 13.0. The summed E-state index contributed by atoms with van der Waals surface area (Å²) in [7, 11) is 0. The van der Waals surface area contributed by atoms with E-state index in [1.165, 1.54) is 36.4 Å². The Kier molecular flexibility index (Phi) is 8.22. The van der Waals surface area contributed by atoms with Crippen molar-refractivity contribution in [3.8, 4) is 6.01 Å². The molecule has 1 aromatic heterocycles. The van der Waals surface area contributed by atoms with Gasteiger partial charge < -0.3 is 10.1 Å². The first kappa shape index (κ1) is 27.7. The molecule has 0 aliphatic rings. The highest BCUT2D eigenvalue weighted by molar-refractivity contribution is 6.36. The lowest BCUT2D eigenvalue weighted by molar-refractivity contribution is -0.383. The minimum atomic E-state index is -5.87. The lowest BCUT2D eigenvalue weighted by Gasteiger charge is -2.22. The van der Waals surface area contributed by atoms with Gasteiger partial charge in [0.05, 0.1) is 16.2 Å². The van der Waals surface area contributed by atoms with Crippen LogP contribution in [0.15, 0.2) is 47.6 Å². The molecule has 0 saturated heterocycles. The van der Waals surface area contributed by atoms with Crippen molar-refractivity contribution in [2.24, 2.45) is 5.10 Å². The number of rotatable bonds is 8. The van der Waals surface area contributed by atoms with Gasteiger partial charge in [-0.15, -0.1) is 0 Å². The van der Waals surface area contributed by atoms with Crippen LogP contribution in [0.1, 0.15) is 5.56 Å². The molecule has 0 aliphatic heterocycles. The molecule has 0 unspecified atom stereocenters. The van der Waals surface area contributed by atoms with E-state index in [0.29, 0.717) is 10.6 Å². The summed E-state index contributed by atoms with van der Waals surface area (Å²) in [6.45, 7) is 0. The molecule has 0 saturated carbocycles. The van der Waals surface area contributed by atoms with E-state index in [1.54, 1.807) is 0 Å². The van der Waals surface area contributed by atoms with Crippen molar-refractivity contribution in [2.75, 3.05) is 10.7 Å². The molecule has 2 N–H and O–H groups in total. The van der Waals surface area contributed by atoms with Gasteiger partial charge in [-0.1, -0.05) is 41.4 Å². The number of nitro groups is 1. The first-order chi connectivity index (χ1) is 17.2. The molecule has 0 fully saturated rings. The van der Waals surface area contributed by atoms with Crippen molar-refractivity contribution < 1.29 is 36.0 Å². The van der Waals surface area contributed by atoms with Crippen molar-refractivity contribution in [3.63, 3.8) is 0 Å². The number of hydrogen-bond acceptors (Lipinski definition) is 9. The van der Waals surface area contributed by atoms with Gasteiger partial charge in [0.2, 0.25) is 5.95 Å². The van der Waals surface area contributed by atoms with Gasteiger partial charge in [-0.3, -0.25) is 10.1 Å². The minimum absolute atomic E-state index is 0.176. The molecule has 0 spiro atoms. The van der Waals surface area contributed by atoms with Crippen molar-refractivity contribution in [1.29, 1.82) is 0 Å². The molecular weight excluding hydrogens is 559 g/mol. The van der Waals surface area contributed by atoms with Gasteiger partial charge in [0.25, 0.3) is 17.7 Å². The third-order valence-corrected chi connectivity index (χ3v) is 4.67. The Morgan fingerprint density at radius 1 is 1.00 bits per heavy atom. The smallest absolute Gasteiger partial charge is 0.434 e. The topological polar surface area (TPSA) is 127 Å². The number of para-hydroxylation sites is 2. The lowest BCUT2D eigenvalue weighted by atomic mass is 10.2. The summed E-state index contributed by atoms with van der Waals surface area (Å²) in [6.07, 6.45) is -14.9. The Balaban J connectivity index is 1.98. The number of nitrogens with one attached hydrogen (secondary N) is 2. The molecule has 196 valence electrons. The van der Waals surface area contributed by atoms with E-state index < -0.39 is 47.0 Å². The lowest BCUT2D eigenvalue weighted by Crippen LogP contribution is -2.46. The summed E-state index contributed by atoms with van der Waals surface area (Å²) in [5.41, 5.74) is 1.81. The van der Waals surface area contributed by atoms with Crippen LogP contribution in [-0.2, 0) is 0 Å². The van der Waals surface area contributed by atoms with Crippen LogP contribution in [0.25, 0.3) is 0 Å². The van der Waals surface area contributed by atoms with Crippen LogP contribution in [0.5, 0.6) is 6.01 Å². The second-order valence-electron chi connectivity index (χ2n) is 6.78. The number of anilines is 3. The van der Waals surface area contributed by atoms with Gasteiger partial charge in [0.15, 0.2) is 0 Å². The zero-order valence-corrected chi connectivity index (χ0v) is 19.2. The largest absolute Gasteiger partial charge is 0.440 e. The molecule has 0 atom stereocenters. The quantitative estimate of drug-likeness (QED) is 0.143. The number of nitrogens with zero attached hydrogens (tertiary/aromatic N) is 5. The van der Waals surface area contributed by atoms with Crippen LogP contribution in [0.3, 0.4) is 0 Å². The highest BCUT2D eigenvalue weighted by atomic mass is 35.5. The predicted octanol–water partition coefficient (Wildman–Crippen LogP) is 6.15. The first-order valence-corrected chi connectivity index (χ1v) is 10.3. The second-order valence-corrected chi connectivity index (χ2v) is 7.63. The van der Waals surface area contributed by atoms with Crippen LogP contribution in [0, 0.1) is 10.1 Å². The Bertz CT molecular complexity index is 1310. The zero-order valence-electron chi connectivity index (χ0n) is 17.7. The summed E-state index contributed by atoms with van der Waals surface area (Å²) < 4.78 is 81.9. The van der Waals surface area contributed by atoms with Crippen molar-refractivity contribution in [3.05, 3.63) is 68.2 Å². The highest BCUT2D eigenvalue weighted by Gasteiger charge is 2.59.